The third-order valence-corrected chi connectivity index (χ3v) is 3.54. The number of hydrogen-bond acceptors (Lipinski definition) is 2. The Hall–Kier alpha value is -1.55. The number of hydrogen-bond donors (Lipinski definition) is 0. The lowest BCUT2D eigenvalue weighted by Crippen LogP contribution is -2.33. The Labute approximate surface area is 124 Å². The number of unbranched alkanes of at least 4 members (excludes halogenated alkanes) is 1. The molecule has 1 amide bonds. The van der Waals surface area contributed by atoms with Crippen molar-refractivity contribution in [2.24, 2.45) is 0 Å². The normalized spacial score (nSPS) is 10.9. The average molecular weight is 294 g/mol. The van der Waals surface area contributed by atoms with Crippen molar-refractivity contribution in [2.45, 2.75) is 33.1 Å². The summed E-state index contributed by atoms with van der Waals surface area (Å²) in [5.74, 6) is 0.135. The Morgan fingerprint density at radius 1 is 1.35 bits per heavy atom. The van der Waals surface area contributed by atoms with E-state index >= 15 is 0 Å². The zero-order valence-corrected chi connectivity index (χ0v) is 12.7. The molecule has 0 saturated carbocycles. The lowest BCUT2D eigenvalue weighted by atomic mass is 10.2. The Balaban J connectivity index is 2.08. The fraction of sp³-hybridized carbons (Fsp3) is 0.467. The van der Waals surface area contributed by atoms with E-state index in [0.29, 0.717) is 11.4 Å². The number of likely N-dealkylation sites (N-methyl/N-ethyl adjacent to an activating group) is 1. The Morgan fingerprint density at radius 2 is 2.15 bits per heavy atom. The van der Waals surface area contributed by atoms with E-state index in [4.69, 9.17) is 11.6 Å². The summed E-state index contributed by atoms with van der Waals surface area (Å²) >= 11 is 5.94. The van der Waals surface area contributed by atoms with Gasteiger partial charge in [-0.25, -0.2) is 4.98 Å². The number of rotatable bonds is 6. The van der Waals surface area contributed by atoms with Crippen LogP contribution in [-0.4, -0.2) is 33.3 Å². The van der Waals surface area contributed by atoms with Gasteiger partial charge in [0.05, 0.1) is 17.1 Å². The number of fused-ring (bicyclic) bond motifs is 1. The van der Waals surface area contributed by atoms with Gasteiger partial charge in [-0.3, -0.25) is 4.79 Å². The second-order valence-corrected chi connectivity index (χ2v) is 5.29. The predicted molar refractivity (Wildman–Crippen MR) is 81.1 cm³/mol. The number of nitrogens with zero attached hydrogens (tertiary/aromatic N) is 3. The summed E-state index contributed by atoms with van der Waals surface area (Å²) in [5.41, 5.74) is 1.60. The second kappa shape index (κ2) is 6.75. The Bertz CT molecular complexity index is 594. The molecule has 0 spiro atoms. The first-order valence-corrected chi connectivity index (χ1v) is 7.42. The van der Waals surface area contributed by atoms with Gasteiger partial charge in [0.15, 0.2) is 0 Å². The fourth-order valence-corrected chi connectivity index (χ4v) is 2.35. The molecule has 2 aromatic rings. The lowest BCUT2D eigenvalue weighted by Gasteiger charge is -2.19. The quantitative estimate of drug-likeness (QED) is 0.820. The molecule has 108 valence electrons. The van der Waals surface area contributed by atoms with E-state index in [9.17, 15) is 4.79 Å². The van der Waals surface area contributed by atoms with Crippen molar-refractivity contribution in [3.05, 3.63) is 35.2 Å². The highest BCUT2D eigenvalue weighted by atomic mass is 35.5. The SMILES string of the molecule is CCCCN(CC)C(=O)Cc1cn2cc(Cl)ccc2n1. The van der Waals surface area contributed by atoms with Gasteiger partial charge in [0.25, 0.3) is 0 Å². The standard InChI is InChI=1S/C15H20ClN3O/c1-3-5-8-18(4-2)15(20)9-13-11-19-10-12(16)6-7-14(19)17-13/h6-7,10-11H,3-5,8-9H2,1-2H3. The van der Waals surface area contributed by atoms with E-state index < -0.39 is 0 Å². The summed E-state index contributed by atoms with van der Waals surface area (Å²) in [5, 5.41) is 0.658. The maximum atomic E-state index is 12.2. The number of carbonyl (C=O) groups is 1. The first-order valence-electron chi connectivity index (χ1n) is 7.05. The molecule has 0 saturated heterocycles. The molecule has 0 N–H and O–H groups in total. The molecule has 0 radical (unpaired) electrons. The molecule has 0 atom stereocenters. The number of carbonyl (C=O) groups excluding carboxylic acids is 1. The van der Waals surface area contributed by atoms with E-state index in [-0.39, 0.29) is 5.91 Å². The molecule has 0 aromatic carbocycles. The minimum Gasteiger partial charge on any atom is -0.343 e. The van der Waals surface area contributed by atoms with E-state index in [1.807, 2.05) is 28.5 Å². The van der Waals surface area contributed by atoms with Crippen molar-refractivity contribution in [1.29, 1.82) is 0 Å². The molecule has 0 aliphatic carbocycles. The van der Waals surface area contributed by atoms with Crippen molar-refractivity contribution in [2.75, 3.05) is 13.1 Å². The summed E-state index contributed by atoms with van der Waals surface area (Å²) in [4.78, 5) is 18.6. The van der Waals surface area contributed by atoms with Crippen LogP contribution in [0.3, 0.4) is 0 Å². The Kier molecular flexibility index (Phi) is 5.01. The van der Waals surface area contributed by atoms with E-state index in [0.717, 1.165) is 37.3 Å². The number of aromatic nitrogens is 2. The molecule has 2 rings (SSSR count). The van der Waals surface area contributed by atoms with Gasteiger partial charge >= 0.3 is 0 Å². The average Bonchev–Trinajstić information content (AvgIpc) is 2.80. The largest absolute Gasteiger partial charge is 0.343 e. The molecule has 0 unspecified atom stereocenters. The fourth-order valence-electron chi connectivity index (χ4n) is 2.18. The summed E-state index contributed by atoms with van der Waals surface area (Å²) in [6.07, 6.45) is 6.15. The number of halogens is 1. The van der Waals surface area contributed by atoms with Gasteiger partial charge in [-0.15, -0.1) is 0 Å². The van der Waals surface area contributed by atoms with Crippen molar-refractivity contribution in [3.63, 3.8) is 0 Å². The van der Waals surface area contributed by atoms with Crippen molar-refractivity contribution in [3.8, 4) is 0 Å². The maximum Gasteiger partial charge on any atom is 0.228 e. The second-order valence-electron chi connectivity index (χ2n) is 4.85. The third-order valence-electron chi connectivity index (χ3n) is 3.31. The summed E-state index contributed by atoms with van der Waals surface area (Å²) in [6, 6.07) is 3.65. The topological polar surface area (TPSA) is 37.6 Å². The van der Waals surface area contributed by atoms with Crippen molar-refractivity contribution >= 4 is 23.2 Å². The highest BCUT2D eigenvalue weighted by Gasteiger charge is 2.13. The molecular weight excluding hydrogens is 274 g/mol. The molecule has 2 aromatic heterocycles. The first-order chi connectivity index (χ1) is 9.63. The lowest BCUT2D eigenvalue weighted by molar-refractivity contribution is -0.130. The zero-order chi connectivity index (χ0) is 14.5. The number of amides is 1. The van der Waals surface area contributed by atoms with E-state index in [1.54, 1.807) is 12.3 Å². The van der Waals surface area contributed by atoms with Crippen LogP contribution in [0.4, 0.5) is 0 Å². The zero-order valence-electron chi connectivity index (χ0n) is 12.0. The van der Waals surface area contributed by atoms with Crippen molar-refractivity contribution in [1.82, 2.24) is 14.3 Å². The van der Waals surface area contributed by atoms with Gasteiger partial charge in [-0.2, -0.15) is 0 Å². The van der Waals surface area contributed by atoms with Gasteiger partial charge in [-0.05, 0) is 25.5 Å². The van der Waals surface area contributed by atoms with Gasteiger partial charge in [0, 0.05) is 25.5 Å². The predicted octanol–water partition coefficient (Wildman–Crippen LogP) is 3.18. The van der Waals surface area contributed by atoms with Crippen molar-refractivity contribution < 1.29 is 4.79 Å². The van der Waals surface area contributed by atoms with Gasteiger partial charge < -0.3 is 9.30 Å². The highest BCUT2D eigenvalue weighted by molar-refractivity contribution is 6.30. The van der Waals surface area contributed by atoms with Crippen LogP contribution in [-0.2, 0) is 11.2 Å². The van der Waals surface area contributed by atoms with Crippen LogP contribution in [0.5, 0.6) is 0 Å². The molecule has 4 nitrogen and oxygen atoms in total. The van der Waals surface area contributed by atoms with E-state index in [1.165, 1.54) is 0 Å². The summed E-state index contributed by atoms with van der Waals surface area (Å²) in [7, 11) is 0. The number of pyridine rings is 1. The molecular formula is C15H20ClN3O. The monoisotopic (exact) mass is 293 g/mol. The maximum absolute atomic E-state index is 12.2. The van der Waals surface area contributed by atoms with Gasteiger partial charge in [0.2, 0.25) is 5.91 Å². The van der Waals surface area contributed by atoms with Crippen LogP contribution in [0, 0.1) is 0 Å². The van der Waals surface area contributed by atoms with Gasteiger partial charge in [0.1, 0.15) is 5.65 Å². The Morgan fingerprint density at radius 3 is 2.85 bits per heavy atom. The van der Waals surface area contributed by atoms with E-state index in [2.05, 4.69) is 11.9 Å². The summed E-state index contributed by atoms with van der Waals surface area (Å²) < 4.78 is 1.85. The van der Waals surface area contributed by atoms with Crippen LogP contribution in [0.2, 0.25) is 5.02 Å². The van der Waals surface area contributed by atoms with Crippen LogP contribution in [0.25, 0.3) is 5.65 Å². The van der Waals surface area contributed by atoms with Gasteiger partial charge in [-0.1, -0.05) is 24.9 Å². The molecule has 20 heavy (non-hydrogen) atoms. The summed E-state index contributed by atoms with van der Waals surface area (Å²) in [6.45, 7) is 5.71. The van der Waals surface area contributed by atoms with Crippen LogP contribution in [0.15, 0.2) is 24.5 Å². The molecule has 0 fully saturated rings. The smallest absolute Gasteiger partial charge is 0.228 e. The third kappa shape index (κ3) is 3.51. The first kappa shape index (κ1) is 14.9. The minimum absolute atomic E-state index is 0.135. The molecule has 2 heterocycles. The minimum atomic E-state index is 0.135. The van der Waals surface area contributed by atoms with Crippen LogP contribution >= 0.6 is 11.6 Å². The molecule has 0 bridgehead atoms. The molecule has 0 aliphatic rings. The molecule has 5 heteroatoms. The van der Waals surface area contributed by atoms with Crippen LogP contribution < -0.4 is 0 Å². The number of imidazole rings is 1. The molecule has 0 aliphatic heterocycles. The highest BCUT2D eigenvalue weighted by Crippen LogP contribution is 2.12. The van der Waals surface area contributed by atoms with Crippen LogP contribution in [0.1, 0.15) is 32.4 Å².